The third-order valence-corrected chi connectivity index (χ3v) is 5.07. The summed E-state index contributed by atoms with van der Waals surface area (Å²) in [5.41, 5.74) is 6.91. The van der Waals surface area contributed by atoms with Crippen molar-refractivity contribution < 1.29 is 9.18 Å². The lowest BCUT2D eigenvalue weighted by molar-refractivity contribution is 0.0984. The summed E-state index contributed by atoms with van der Waals surface area (Å²) in [6.45, 7) is 1.88. The van der Waals surface area contributed by atoms with Crippen LogP contribution in [0, 0.1) is 5.82 Å². The van der Waals surface area contributed by atoms with Crippen LogP contribution >= 0.6 is 11.8 Å². The largest absolute Gasteiger partial charge is 0.379 e. The summed E-state index contributed by atoms with van der Waals surface area (Å²) in [6, 6.07) is 6.45. The van der Waals surface area contributed by atoms with E-state index in [0.29, 0.717) is 22.8 Å². The van der Waals surface area contributed by atoms with E-state index in [1.165, 1.54) is 22.5 Å². The fourth-order valence-corrected chi connectivity index (χ4v) is 3.87. The van der Waals surface area contributed by atoms with E-state index >= 15 is 0 Å². The van der Waals surface area contributed by atoms with Gasteiger partial charge in [-0.05, 0) is 37.1 Å². The molecule has 0 unspecified atom stereocenters. The highest BCUT2D eigenvalue weighted by Crippen LogP contribution is 2.36. The number of carbonyl (C=O) groups excluding carboxylic acids is 1. The van der Waals surface area contributed by atoms with Crippen molar-refractivity contribution >= 4 is 22.7 Å². The number of Topliss-reactive ketones (excluding diaryl/α,β-unsaturated/α-hetero) is 1. The van der Waals surface area contributed by atoms with E-state index in [9.17, 15) is 9.18 Å². The number of benzene rings is 1. The van der Waals surface area contributed by atoms with Crippen molar-refractivity contribution in [3.8, 4) is 0 Å². The van der Waals surface area contributed by atoms with E-state index < -0.39 is 5.54 Å². The number of aryl methyl sites for hydroxylation is 1. The van der Waals surface area contributed by atoms with Crippen LogP contribution in [0.1, 0.15) is 35.0 Å². The van der Waals surface area contributed by atoms with Gasteiger partial charge in [-0.3, -0.25) is 14.5 Å². The van der Waals surface area contributed by atoms with Gasteiger partial charge in [0.25, 0.3) is 0 Å². The first kappa shape index (κ1) is 16.7. The van der Waals surface area contributed by atoms with Gasteiger partial charge >= 0.3 is 0 Å². The van der Waals surface area contributed by atoms with Gasteiger partial charge in [0, 0.05) is 31.0 Å². The molecular weight excluding hydrogens is 327 g/mol. The molecule has 0 amide bonds. The zero-order chi connectivity index (χ0) is 17.3. The van der Waals surface area contributed by atoms with Gasteiger partial charge in [0.1, 0.15) is 11.5 Å². The Hall–Kier alpha value is -2.15. The molecule has 0 saturated heterocycles. The monoisotopic (exact) mass is 346 g/mol. The molecule has 2 aromatic rings. The first-order valence-electron chi connectivity index (χ1n) is 7.67. The molecule has 24 heavy (non-hydrogen) atoms. The molecule has 126 valence electrons. The van der Waals surface area contributed by atoms with Crippen molar-refractivity contribution in [2.45, 2.75) is 25.3 Å². The molecule has 0 radical (unpaired) electrons. The highest BCUT2D eigenvalue weighted by atomic mass is 32.2. The Morgan fingerprint density at radius 1 is 1.46 bits per heavy atom. The molecule has 0 aliphatic carbocycles. The minimum Gasteiger partial charge on any atom is -0.379 e. The Balaban J connectivity index is 1.91. The van der Waals surface area contributed by atoms with E-state index in [4.69, 9.17) is 5.73 Å². The van der Waals surface area contributed by atoms with E-state index in [2.05, 4.69) is 10.1 Å². The quantitative estimate of drug-likeness (QED) is 0.864. The zero-order valence-electron chi connectivity index (χ0n) is 13.6. The predicted molar refractivity (Wildman–Crippen MR) is 93.7 cm³/mol. The SMILES string of the molecule is Cn1nccc1C(=O)Cc1ccc(F)c([C@]2(C)CCSC(N)=N2)c1. The molecule has 0 saturated carbocycles. The Kier molecular flexibility index (Phi) is 4.45. The van der Waals surface area contributed by atoms with Crippen LogP contribution in [-0.2, 0) is 19.0 Å². The van der Waals surface area contributed by atoms with Crippen molar-refractivity contribution in [1.82, 2.24) is 9.78 Å². The number of hydrogen-bond acceptors (Lipinski definition) is 5. The summed E-state index contributed by atoms with van der Waals surface area (Å²) in [4.78, 5) is 16.8. The summed E-state index contributed by atoms with van der Waals surface area (Å²) in [5, 5.41) is 4.48. The second-order valence-electron chi connectivity index (χ2n) is 6.08. The summed E-state index contributed by atoms with van der Waals surface area (Å²) in [5.74, 6) is 0.418. The van der Waals surface area contributed by atoms with Crippen LogP contribution in [0.2, 0.25) is 0 Å². The van der Waals surface area contributed by atoms with Gasteiger partial charge in [-0.1, -0.05) is 17.8 Å². The van der Waals surface area contributed by atoms with E-state index in [0.717, 1.165) is 11.3 Å². The molecule has 3 rings (SSSR count). The number of nitrogens with two attached hydrogens (primary N) is 1. The normalized spacial score (nSPS) is 20.7. The molecule has 0 spiro atoms. The fourth-order valence-electron chi connectivity index (χ4n) is 2.90. The number of thioether (sulfide) groups is 1. The van der Waals surface area contributed by atoms with Gasteiger partial charge in [-0.2, -0.15) is 5.10 Å². The van der Waals surface area contributed by atoms with Crippen molar-refractivity contribution in [1.29, 1.82) is 0 Å². The minimum atomic E-state index is -0.689. The molecule has 2 heterocycles. The second-order valence-corrected chi connectivity index (χ2v) is 7.19. The molecule has 1 atom stereocenters. The molecule has 0 fully saturated rings. The van der Waals surface area contributed by atoms with Crippen LogP contribution in [0.15, 0.2) is 35.5 Å². The number of ketones is 1. The predicted octanol–water partition coefficient (Wildman–Crippen LogP) is 2.65. The van der Waals surface area contributed by atoms with Crippen LogP contribution in [-0.4, -0.2) is 26.5 Å². The number of halogens is 1. The lowest BCUT2D eigenvalue weighted by Gasteiger charge is -2.30. The van der Waals surface area contributed by atoms with Crippen LogP contribution < -0.4 is 5.73 Å². The zero-order valence-corrected chi connectivity index (χ0v) is 14.4. The highest BCUT2D eigenvalue weighted by molar-refractivity contribution is 8.13. The summed E-state index contributed by atoms with van der Waals surface area (Å²) in [7, 11) is 1.72. The van der Waals surface area contributed by atoms with Crippen LogP contribution in [0.25, 0.3) is 0 Å². The lowest BCUT2D eigenvalue weighted by atomic mass is 9.87. The number of aliphatic imine (C=N–C) groups is 1. The number of hydrogen-bond donors (Lipinski definition) is 1. The Labute approximate surface area is 144 Å². The van der Waals surface area contributed by atoms with E-state index in [1.54, 1.807) is 31.4 Å². The Bertz CT molecular complexity index is 817. The summed E-state index contributed by atoms with van der Waals surface area (Å²) < 4.78 is 15.9. The first-order chi connectivity index (χ1) is 11.4. The maximum atomic E-state index is 14.4. The average molecular weight is 346 g/mol. The van der Waals surface area contributed by atoms with Crippen LogP contribution in [0.4, 0.5) is 4.39 Å². The average Bonchev–Trinajstić information content (AvgIpc) is 2.95. The molecule has 1 aromatic heterocycles. The number of amidine groups is 1. The number of nitrogens with zero attached hydrogens (tertiary/aromatic N) is 3. The van der Waals surface area contributed by atoms with E-state index in [1.807, 2.05) is 6.92 Å². The fraction of sp³-hybridized carbons (Fsp3) is 0.353. The molecule has 1 aliphatic rings. The molecule has 1 aliphatic heterocycles. The van der Waals surface area contributed by atoms with Gasteiger partial charge < -0.3 is 5.73 Å². The number of aromatic nitrogens is 2. The first-order valence-corrected chi connectivity index (χ1v) is 8.66. The topological polar surface area (TPSA) is 73.3 Å². The van der Waals surface area contributed by atoms with Gasteiger partial charge in [0.05, 0.1) is 5.54 Å². The molecule has 2 N–H and O–H groups in total. The summed E-state index contributed by atoms with van der Waals surface area (Å²) >= 11 is 1.48. The van der Waals surface area contributed by atoms with Gasteiger partial charge in [0.15, 0.2) is 11.0 Å². The lowest BCUT2D eigenvalue weighted by Crippen LogP contribution is -2.29. The minimum absolute atomic E-state index is 0.0556. The van der Waals surface area contributed by atoms with E-state index in [-0.39, 0.29) is 18.0 Å². The third kappa shape index (κ3) is 3.21. The standard InChI is InChI=1S/C17H19FN4OS/c1-17(6-8-24-16(19)21-17)12-9-11(3-4-13(12)18)10-15(23)14-5-7-20-22(14)2/h3-5,7,9H,6,8,10H2,1-2H3,(H2,19,21)/t17-/m0/s1. The van der Waals surface area contributed by atoms with Gasteiger partial charge in [-0.25, -0.2) is 4.39 Å². The van der Waals surface area contributed by atoms with Gasteiger partial charge in [-0.15, -0.1) is 0 Å². The van der Waals surface area contributed by atoms with Crippen LogP contribution in [0.3, 0.4) is 0 Å². The summed E-state index contributed by atoms with van der Waals surface area (Å²) in [6.07, 6.45) is 2.48. The molecule has 0 bridgehead atoms. The Morgan fingerprint density at radius 3 is 2.92 bits per heavy atom. The molecular formula is C17H19FN4OS. The van der Waals surface area contributed by atoms with Crippen molar-refractivity contribution in [3.05, 3.63) is 53.1 Å². The highest BCUT2D eigenvalue weighted by Gasteiger charge is 2.32. The van der Waals surface area contributed by atoms with Gasteiger partial charge in [0.2, 0.25) is 0 Å². The molecule has 1 aromatic carbocycles. The van der Waals surface area contributed by atoms with Crippen molar-refractivity contribution in [2.24, 2.45) is 17.8 Å². The number of rotatable bonds is 4. The maximum absolute atomic E-state index is 14.4. The Morgan fingerprint density at radius 2 is 2.25 bits per heavy atom. The third-order valence-electron chi connectivity index (χ3n) is 4.28. The van der Waals surface area contributed by atoms with Crippen LogP contribution in [0.5, 0.6) is 0 Å². The number of carbonyl (C=O) groups is 1. The molecule has 7 heteroatoms. The maximum Gasteiger partial charge on any atom is 0.185 e. The molecule has 5 nitrogen and oxygen atoms in total. The smallest absolute Gasteiger partial charge is 0.185 e. The second kappa shape index (κ2) is 6.39. The van der Waals surface area contributed by atoms with Crippen molar-refractivity contribution in [3.63, 3.8) is 0 Å². The van der Waals surface area contributed by atoms with Crippen molar-refractivity contribution in [2.75, 3.05) is 5.75 Å².